The van der Waals surface area contributed by atoms with E-state index in [2.05, 4.69) is 52.5 Å². The summed E-state index contributed by atoms with van der Waals surface area (Å²) in [6.07, 6.45) is 4.60. The molecule has 166 valence electrons. The fraction of sp³-hybridized carbons (Fsp3) is 0.280. The van der Waals surface area contributed by atoms with Crippen LogP contribution in [0.25, 0.3) is 17.0 Å². The van der Waals surface area contributed by atoms with Gasteiger partial charge >= 0.3 is 0 Å². The molecule has 1 aromatic heterocycles. The Labute approximate surface area is 200 Å². The van der Waals surface area contributed by atoms with Crippen LogP contribution in [-0.4, -0.2) is 33.8 Å². The number of benzene rings is 2. The van der Waals surface area contributed by atoms with Crippen molar-refractivity contribution < 1.29 is 14.3 Å². The minimum Gasteiger partial charge on any atom is -0.492 e. The van der Waals surface area contributed by atoms with Crippen molar-refractivity contribution in [2.75, 3.05) is 13.2 Å². The summed E-state index contributed by atoms with van der Waals surface area (Å²) in [6, 6.07) is 12.2. The Morgan fingerprint density at radius 1 is 1.06 bits per heavy atom. The number of fused-ring (bicyclic) bond motifs is 1. The number of hydrogen-bond donors (Lipinski definition) is 0. The third kappa shape index (κ3) is 4.64. The molecule has 7 heteroatoms. The maximum Gasteiger partial charge on any atom is 0.293 e. The Balaban J connectivity index is 1.59. The molecular weight excluding hydrogens is 488 g/mol. The molecule has 2 heterocycles. The number of thioether (sulfide) groups is 1. The van der Waals surface area contributed by atoms with Gasteiger partial charge in [0, 0.05) is 33.7 Å². The van der Waals surface area contributed by atoms with E-state index in [1.54, 1.807) is 0 Å². The van der Waals surface area contributed by atoms with Crippen LogP contribution in [0.2, 0.25) is 0 Å². The Bertz CT molecular complexity index is 1230. The minimum atomic E-state index is -0.212. The Hall–Kier alpha value is -2.51. The summed E-state index contributed by atoms with van der Waals surface area (Å²) < 4.78 is 9.07. The van der Waals surface area contributed by atoms with Gasteiger partial charge in [-0.25, -0.2) is 0 Å². The molecule has 0 bridgehead atoms. The van der Waals surface area contributed by atoms with Gasteiger partial charge in [-0.2, -0.15) is 0 Å². The van der Waals surface area contributed by atoms with Crippen LogP contribution in [0, 0.1) is 13.8 Å². The molecule has 0 atom stereocenters. The predicted molar refractivity (Wildman–Crippen MR) is 134 cm³/mol. The van der Waals surface area contributed by atoms with Gasteiger partial charge in [0.05, 0.1) is 11.4 Å². The molecule has 0 N–H and O–H groups in total. The molecule has 0 saturated carbocycles. The molecule has 32 heavy (non-hydrogen) atoms. The highest BCUT2D eigenvalue weighted by Gasteiger charge is 2.34. The lowest BCUT2D eigenvalue weighted by Crippen LogP contribution is -2.28. The number of carbonyl (C=O) groups is 2. The molecule has 2 amide bonds. The molecule has 1 saturated heterocycles. The fourth-order valence-corrected chi connectivity index (χ4v) is 4.94. The lowest BCUT2D eigenvalue weighted by molar-refractivity contribution is -0.122. The van der Waals surface area contributed by atoms with Crippen molar-refractivity contribution in [3.8, 4) is 5.75 Å². The minimum absolute atomic E-state index is 0.199. The van der Waals surface area contributed by atoms with Crippen LogP contribution in [0.3, 0.4) is 0 Å². The third-order valence-corrected chi connectivity index (χ3v) is 6.96. The van der Waals surface area contributed by atoms with E-state index in [9.17, 15) is 9.59 Å². The Morgan fingerprint density at radius 3 is 2.62 bits per heavy atom. The smallest absolute Gasteiger partial charge is 0.293 e. The standard InChI is InChI=1S/C25H25BrN2O3S/c1-4-9-28-24(29)23(32-25(28)30)13-18-15-27(22-8-6-19(26)14-21(18)22)10-11-31-20-7-5-16(2)17(3)12-20/h5-8,12-15H,4,9-11H2,1-3H3/b23-13-. The number of amides is 2. The summed E-state index contributed by atoms with van der Waals surface area (Å²) >= 11 is 4.56. The predicted octanol–water partition coefficient (Wildman–Crippen LogP) is 6.55. The van der Waals surface area contributed by atoms with E-state index >= 15 is 0 Å². The molecule has 2 aromatic carbocycles. The molecule has 0 unspecified atom stereocenters. The Kier molecular flexibility index (Phi) is 6.76. The number of halogens is 1. The van der Waals surface area contributed by atoms with E-state index in [-0.39, 0.29) is 11.1 Å². The van der Waals surface area contributed by atoms with E-state index in [4.69, 9.17) is 4.74 Å². The number of aryl methyl sites for hydroxylation is 2. The van der Waals surface area contributed by atoms with Gasteiger partial charge in [0.15, 0.2) is 0 Å². The first kappa shape index (κ1) is 22.7. The molecule has 1 aliphatic heterocycles. The second-order valence-corrected chi connectivity index (χ2v) is 9.78. The van der Waals surface area contributed by atoms with Gasteiger partial charge in [-0.3, -0.25) is 14.5 Å². The topological polar surface area (TPSA) is 51.5 Å². The van der Waals surface area contributed by atoms with Gasteiger partial charge < -0.3 is 9.30 Å². The number of imide groups is 1. The molecule has 1 fully saturated rings. The average molecular weight is 513 g/mol. The number of carbonyl (C=O) groups excluding carboxylic acids is 2. The highest BCUT2D eigenvalue weighted by atomic mass is 79.9. The van der Waals surface area contributed by atoms with E-state index < -0.39 is 0 Å². The summed E-state index contributed by atoms with van der Waals surface area (Å²) in [7, 11) is 0. The quantitative estimate of drug-likeness (QED) is 0.337. The van der Waals surface area contributed by atoms with Gasteiger partial charge in [-0.1, -0.05) is 28.9 Å². The second-order valence-electron chi connectivity index (χ2n) is 7.87. The van der Waals surface area contributed by atoms with Crippen LogP contribution in [-0.2, 0) is 11.3 Å². The van der Waals surface area contributed by atoms with Crippen LogP contribution < -0.4 is 4.74 Å². The lowest BCUT2D eigenvalue weighted by Gasteiger charge is -2.10. The van der Waals surface area contributed by atoms with Crippen LogP contribution in [0.15, 0.2) is 52.0 Å². The molecule has 0 aliphatic carbocycles. The maximum atomic E-state index is 12.7. The monoisotopic (exact) mass is 512 g/mol. The van der Waals surface area contributed by atoms with Crippen LogP contribution >= 0.6 is 27.7 Å². The SMILES string of the molecule is CCCN1C(=O)S/C(=C\c2cn(CCOc3ccc(C)c(C)c3)c3ccc(Br)cc23)C1=O. The highest BCUT2D eigenvalue weighted by molar-refractivity contribution is 9.10. The van der Waals surface area contributed by atoms with Crippen molar-refractivity contribution in [1.82, 2.24) is 9.47 Å². The van der Waals surface area contributed by atoms with Crippen molar-refractivity contribution in [1.29, 1.82) is 0 Å². The average Bonchev–Trinajstić information content (AvgIpc) is 3.22. The molecular formula is C25H25BrN2O3S. The van der Waals surface area contributed by atoms with Gasteiger partial charge in [0.25, 0.3) is 11.1 Å². The number of ether oxygens (including phenoxy) is 1. The first-order valence-corrected chi connectivity index (χ1v) is 12.2. The number of nitrogens with zero attached hydrogens (tertiary/aromatic N) is 2. The van der Waals surface area contributed by atoms with Crippen molar-refractivity contribution in [3.63, 3.8) is 0 Å². The first-order valence-electron chi connectivity index (χ1n) is 10.6. The molecule has 4 rings (SSSR count). The van der Waals surface area contributed by atoms with Crippen molar-refractivity contribution >= 4 is 55.8 Å². The van der Waals surface area contributed by atoms with Gasteiger partial charge in [-0.15, -0.1) is 0 Å². The zero-order valence-electron chi connectivity index (χ0n) is 18.4. The zero-order valence-corrected chi connectivity index (χ0v) is 20.8. The fourth-order valence-electron chi connectivity index (χ4n) is 3.72. The number of aromatic nitrogens is 1. The maximum absolute atomic E-state index is 12.7. The largest absolute Gasteiger partial charge is 0.492 e. The van der Waals surface area contributed by atoms with E-state index in [1.165, 1.54) is 16.0 Å². The Morgan fingerprint density at radius 2 is 1.88 bits per heavy atom. The normalized spacial score (nSPS) is 15.4. The van der Waals surface area contributed by atoms with Gasteiger partial charge in [0.2, 0.25) is 0 Å². The molecule has 5 nitrogen and oxygen atoms in total. The van der Waals surface area contributed by atoms with Crippen LogP contribution in [0.1, 0.15) is 30.0 Å². The molecule has 0 radical (unpaired) electrons. The molecule has 0 spiro atoms. The summed E-state index contributed by atoms with van der Waals surface area (Å²) in [6.45, 7) is 7.75. The van der Waals surface area contributed by atoms with E-state index in [1.807, 2.05) is 37.4 Å². The zero-order chi connectivity index (χ0) is 22.8. The summed E-state index contributed by atoms with van der Waals surface area (Å²) in [4.78, 5) is 26.7. The van der Waals surface area contributed by atoms with Crippen LogP contribution in [0.4, 0.5) is 4.79 Å². The van der Waals surface area contributed by atoms with Crippen molar-refractivity contribution in [3.05, 3.63) is 68.7 Å². The first-order chi connectivity index (χ1) is 15.4. The summed E-state index contributed by atoms with van der Waals surface area (Å²) in [5.41, 5.74) is 4.41. The molecule has 3 aromatic rings. The second kappa shape index (κ2) is 9.55. The van der Waals surface area contributed by atoms with E-state index in [0.717, 1.165) is 44.9 Å². The third-order valence-electron chi connectivity index (χ3n) is 5.56. The number of rotatable bonds is 7. The van der Waals surface area contributed by atoms with Crippen LogP contribution in [0.5, 0.6) is 5.75 Å². The lowest BCUT2D eigenvalue weighted by atomic mass is 10.1. The number of hydrogen-bond acceptors (Lipinski definition) is 4. The van der Waals surface area contributed by atoms with Gasteiger partial charge in [-0.05, 0) is 79.6 Å². The van der Waals surface area contributed by atoms with E-state index in [0.29, 0.717) is 24.6 Å². The summed E-state index contributed by atoms with van der Waals surface area (Å²) in [5, 5.41) is 0.822. The van der Waals surface area contributed by atoms with Crippen molar-refractivity contribution in [2.45, 2.75) is 33.7 Å². The molecule has 1 aliphatic rings. The highest BCUT2D eigenvalue weighted by Crippen LogP contribution is 2.35. The van der Waals surface area contributed by atoms with Gasteiger partial charge in [0.1, 0.15) is 12.4 Å². The summed E-state index contributed by atoms with van der Waals surface area (Å²) in [5.74, 6) is 0.646. The van der Waals surface area contributed by atoms with Crippen molar-refractivity contribution in [2.24, 2.45) is 0 Å².